The van der Waals surface area contributed by atoms with E-state index in [9.17, 15) is 5.26 Å². The zero-order valence-electron chi connectivity index (χ0n) is 12.2. The van der Waals surface area contributed by atoms with E-state index >= 15 is 0 Å². The first-order valence-electron chi connectivity index (χ1n) is 7.46. The van der Waals surface area contributed by atoms with Gasteiger partial charge in [-0.15, -0.1) is 0 Å². The van der Waals surface area contributed by atoms with Crippen molar-refractivity contribution >= 4 is 11.6 Å². The summed E-state index contributed by atoms with van der Waals surface area (Å²) >= 11 is 6.20. The zero-order valence-corrected chi connectivity index (χ0v) is 13.0. The fourth-order valence-electron chi connectivity index (χ4n) is 3.02. The maximum Gasteiger partial charge on any atom is 0.138 e. The Hall–Kier alpha value is -1.20. The van der Waals surface area contributed by atoms with E-state index in [1.54, 1.807) is 0 Å². The highest BCUT2D eigenvalue weighted by Crippen LogP contribution is 2.36. The third-order valence-corrected chi connectivity index (χ3v) is 4.44. The standard InChI is InChI=1S/C17H22ClNO/c1-3-4-13-6-7-14(11-19)16(10-13)20-17-9-12(2)5-8-15(17)18/h5,8-9,13-14,16H,3-4,6-7,10H2,1-2H3. The molecule has 1 fully saturated rings. The number of nitriles is 1. The van der Waals surface area contributed by atoms with E-state index < -0.39 is 0 Å². The van der Waals surface area contributed by atoms with Crippen molar-refractivity contribution in [1.82, 2.24) is 0 Å². The summed E-state index contributed by atoms with van der Waals surface area (Å²) in [5.74, 6) is 1.38. The molecule has 1 saturated carbocycles. The van der Waals surface area contributed by atoms with Crippen LogP contribution in [0.2, 0.25) is 5.02 Å². The fraction of sp³-hybridized carbons (Fsp3) is 0.588. The van der Waals surface area contributed by atoms with Crippen LogP contribution in [0, 0.1) is 30.1 Å². The molecular weight excluding hydrogens is 270 g/mol. The molecule has 1 aliphatic rings. The topological polar surface area (TPSA) is 33.0 Å². The van der Waals surface area contributed by atoms with Crippen LogP contribution in [0.3, 0.4) is 0 Å². The van der Waals surface area contributed by atoms with E-state index in [4.69, 9.17) is 16.3 Å². The summed E-state index contributed by atoms with van der Waals surface area (Å²) in [4.78, 5) is 0. The van der Waals surface area contributed by atoms with Crippen LogP contribution < -0.4 is 4.74 Å². The molecule has 0 aliphatic heterocycles. The lowest BCUT2D eigenvalue weighted by molar-refractivity contribution is 0.0876. The number of halogens is 1. The van der Waals surface area contributed by atoms with Crippen molar-refractivity contribution in [3.63, 3.8) is 0 Å². The molecule has 0 bridgehead atoms. The molecule has 108 valence electrons. The number of nitrogens with zero attached hydrogens (tertiary/aromatic N) is 1. The highest BCUT2D eigenvalue weighted by molar-refractivity contribution is 6.32. The lowest BCUT2D eigenvalue weighted by atomic mass is 9.78. The van der Waals surface area contributed by atoms with Gasteiger partial charge in [-0.05, 0) is 49.8 Å². The molecule has 1 aliphatic carbocycles. The molecule has 1 aromatic carbocycles. The second-order valence-corrected chi connectivity index (χ2v) is 6.20. The van der Waals surface area contributed by atoms with Gasteiger partial charge < -0.3 is 4.74 Å². The first-order chi connectivity index (χ1) is 9.63. The molecule has 0 N–H and O–H groups in total. The first kappa shape index (κ1) is 15.2. The van der Waals surface area contributed by atoms with Crippen molar-refractivity contribution < 1.29 is 4.74 Å². The Kier molecular flexibility index (Phi) is 5.31. The van der Waals surface area contributed by atoms with Crippen LogP contribution in [0.4, 0.5) is 0 Å². The summed E-state index contributed by atoms with van der Waals surface area (Å²) in [5, 5.41) is 9.95. The quantitative estimate of drug-likeness (QED) is 0.770. The van der Waals surface area contributed by atoms with Gasteiger partial charge in [-0.3, -0.25) is 0 Å². The monoisotopic (exact) mass is 291 g/mol. The number of aryl methyl sites for hydroxylation is 1. The zero-order chi connectivity index (χ0) is 14.5. The third-order valence-electron chi connectivity index (χ3n) is 4.13. The molecule has 1 aromatic rings. The van der Waals surface area contributed by atoms with Crippen LogP contribution in [0.5, 0.6) is 5.75 Å². The molecule has 3 heteroatoms. The number of hydrogen-bond acceptors (Lipinski definition) is 2. The largest absolute Gasteiger partial charge is 0.487 e. The normalized spacial score (nSPS) is 26.0. The molecule has 0 radical (unpaired) electrons. The van der Waals surface area contributed by atoms with Crippen LogP contribution in [-0.2, 0) is 0 Å². The molecule has 3 unspecified atom stereocenters. The number of rotatable bonds is 4. The smallest absolute Gasteiger partial charge is 0.138 e. The predicted octanol–water partition coefficient (Wildman–Crippen LogP) is 5.14. The van der Waals surface area contributed by atoms with Crippen molar-refractivity contribution in [3.05, 3.63) is 28.8 Å². The molecular formula is C17H22ClNO. The van der Waals surface area contributed by atoms with Gasteiger partial charge in [0.2, 0.25) is 0 Å². The lowest BCUT2D eigenvalue weighted by Crippen LogP contribution is -2.33. The predicted molar refractivity (Wildman–Crippen MR) is 82.0 cm³/mol. The van der Waals surface area contributed by atoms with Crippen LogP contribution >= 0.6 is 11.6 Å². The van der Waals surface area contributed by atoms with Crippen molar-refractivity contribution in [2.75, 3.05) is 0 Å². The van der Waals surface area contributed by atoms with E-state index in [1.165, 1.54) is 12.8 Å². The molecule has 20 heavy (non-hydrogen) atoms. The Bertz CT molecular complexity index is 494. The van der Waals surface area contributed by atoms with E-state index in [0.29, 0.717) is 16.7 Å². The Morgan fingerprint density at radius 2 is 2.20 bits per heavy atom. The summed E-state index contributed by atoms with van der Waals surface area (Å²) in [6.45, 7) is 4.23. The minimum absolute atomic E-state index is 0.0142. The van der Waals surface area contributed by atoms with Crippen LogP contribution in [0.25, 0.3) is 0 Å². The fourth-order valence-corrected chi connectivity index (χ4v) is 3.19. The maximum absolute atomic E-state index is 9.32. The minimum atomic E-state index is -0.0235. The van der Waals surface area contributed by atoms with Gasteiger partial charge in [-0.25, -0.2) is 0 Å². The van der Waals surface area contributed by atoms with Crippen LogP contribution in [0.1, 0.15) is 44.6 Å². The van der Waals surface area contributed by atoms with E-state index in [0.717, 1.165) is 24.8 Å². The summed E-state index contributed by atoms with van der Waals surface area (Å²) in [5.41, 5.74) is 1.12. The highest BCUT2D eigenvalue weighted by Gasteiger charge is 2.32. The van der Waals surface area contributed by atoms with Crippen molar-refractivity contribution in [1.29, 1.82) is 5.26 Å². The first-order valence-corrected chi connectivity index (χ1v) is 7.84. The molecule has 3 atom stereocenters. The second-order valence-electron chi connectivity index (χ2n) is 5.79. The molecule has 0 saturated heterocycles. The molecule has 2 nitrogen and oxygen atoms in total. The van der Waals surface area contributed by atoms with Crippen molar-refractivity contribution in [2.24, 2.45) is 11.8 Å². The molecule has 0 heterocycles. The van der Waals surface area contributed by atoms with E-state index in [2.05, 4.69) is 13.0 Å². The molecule has 0 spiro atoms. The van der Waals surface area contributed by atoms with E-state index in [1.807, 2.05) is 25.1 Å². The van der Waals surface area contributed by atoms with Gasteiger partial charge in [-0.1, -0.05) is 37.4 Å². The van der Waals surface area contributed by atoms with Gasteiger partial charge in [0.15, 0.2) is 0 Å². The van der Waals surface area contributed by atoms with Gasteiger partial charge in [0.05, 0.1) is 17.0 Å². The summed E-state index contributed by atoms with van der Waals surface area (Å²) in [6, 6.07) is 8.19. The summed E-state index contributed by atoms with van der Waals surface area (Å²) in [6.07, 6.45) is 5.45. The van der Waals surface area contributed by atoms with Crippen LogP contribution in [0.15, 0.2) is 18.2 Å². The van der Waals surface area contributed by atoms with E-state index in [-0.39, 0.29) is 12.0 Å². The Morgan fingerprint density at radius 3 is 2.90 bits per heavy atom. The van der Waals surface area contributed by atoms with Gasteiger partial charge in [0.25, 0.3) is 0 Å². The van der Waals surface area contributed by atoms with Gasteiger partial charge in [0.1, 0.15) is 11.9 Å². The highest BCUT2D eigenvalue weighted by atomic mass is 35.5. The Labute approximate surface area is 126 Å². The van der Waals surface area contributed by atoms with Crippen molar-refractivity contribution in [2.45, 2.75) is 52.1 Å². The summed E-state index contributed by atoms with van der Waals surface area (Å²) in [7, 11) is 0. The SMILES string of the molecule is CCCC1CCC(C#N)C(Oc2cc(C)ccc2Cl)C1. The lowest BCUT2D eigenvalue weighted by Gasteiger charge is -2.33. The third kappa shape index (κ3) is 3.67. The average Bonchev–Trinajstić information content (AvgIpc) is 2.44. The minimum Gasteiger partial charge on any atom is -0.487 e. The molecule has 2 rings (SSSR count). The van der Waals surface area contributed by atoms with Gasteiger partial charge in [-0.2, -0.15) is 5.26 Å². The number of benzene rings is 1. The maximum atomic E-state index is 9.32. The second kappa shape index (κ2) is 6.99. The Morgan fingerprint density at radius 1 is 1.40 bits per heavy atom. The summed E-state index contributed by atoms with van der Waals surface area (Å²) < 4.78 is 6.09. The number of hydrogen-bond donors (Lipinski definition) is 0. The molecule has 0 amide bonds. The van der Waals surface area contributed by atoms with Crippen LogP contribution in [-0.4, -0.2) is 6.10 Å². The average molecular weight is 292 g/mol. The molecule has 0 aromatic heterocycles. The Balaban J connectivity index is 2.11. The van der Waals surface area contributed by atoms with Gasteiger partial charge >= 0.3 is 0 Å². The van der Waals surface area contributed by atoms with Crippen molar-refractivity contribution in [3.8, 4) is 11.8 Å². The number of ether oxygens (including phenoxy) is 1. The van der Waals surface area contributed by atoms with Gasteiger partial charge in [0, 0.05) is 0 Å².